The molecule has 2 heterocycles. The van der Waals surface area contributed by atoms with Gasteiger partial charge in [-0.3, -0.25) is 4.79 Å². The van der Waals surface area contributed by atoms with Gasteiger partial charge in [-0.05, 0) is 24.6 Å². The zero-order valence-electron chi connectivity index (χ0n) is 10.7. The first-order valence-electron chi connectivity index (χ1n) is 6.29. The number of hydrogen-bond acceptors (Lipinski definition) is 5. The van der Waals surface area contributed by atoms with Crippen LogP contribution in [0.1, 0.15) is 6.42 Å². The molecule has 20 heavy (non-hydrogen) atoms. The maximum Gasteiger partial charge on any atom is 0.262 e. The monoisotopic (exact) mass is 297 g/mol. The zero-order chi connectivity index (χ0) is 14.3. The second-order valence-electron chi connectivity index (χ2n) is 4.91. The van der Waals surface area contributed by atoms with E-state index in [2.05, 4.69) is 5.32 Å². The lowest BCUT2D eigenvalue weighted by molar-refractivity contribution is -0.118. The van der Waals surface area contributed by atoms with Crippen molar-refractivity contribution in [1.29, 1.82) is 0 Å². The van der Waals surface area contributed by atoms with Crippen molar-refractivity contribution in [2.75, 3.05) is 25.0 Å². The molecule has 1 saturated heterocycles. The van der Waals surface area contributed by atoms with Crippen LogP contribution in [0.4, 0.5) is 5.69 Å². The van der Waals surface area contributed by atoms with E-state index in [9.17, 15) is 13.2 Å². The number of anilines is 1. The Morgan fingerprint density at radius 2 is 2.20 bits per heavy atom. The number of fused-ring (bicyclic) bond motifs is 1. The van der Waals surface area contributed by atoms with Crippen LogP contribution in [-0.4, -0.2) is 44.4 Å². The van der Waals surface area contributed by atoms with Crippen LogP contribution in [0.15, 0.2) is 23.1 Å². The standard InChI is InChI=1S/C12H15N3O4S/c13-8-3-4-15(6-8)20(17,18)9-1-2-11-10(5-9)14-12(16)7-19-11/h1-2,5,8H,3-4,6-7,13H2,(H,14,16)/t8-/m0/s1. The molecule has 3 rings (SSSR count). The number of ether oxygens (including phenoxy) is 1. The fourth-order valence-corrected chi connectivity index (χ4v) is 3.88. The Hall–Kier alpha value is -1.64. The fourth-order valence-electron chi connectivity index (χ4n) is 2.34. The van der Waals surface area contributed by atoms with Crippen molar-refractivity contribution in [2.45, 2.75) is 17.4 Å². The number of hydrogen-bond donors (Lipinski definition) is 2. The summed E-state index contributed by atoms with van der Waals surface area (Å²) in [4.78, 5) is 11.4. The molecule has 2 aliphatic rings. The topological polar surface area (TPSA) is 102 Å². The van der Waals surface area contributed by atoms with Gasteiger partial charge in [0.15, 0.2) is 6.61 Å². The van der Waals surface area contributed by atoms with Crippen molar-refractivity contribution in [1.82, 2.24) is 4.31 Å². The molecule has 0 aromatic heterocycles. The lowest BCUT2D eigenvalue weighted by Gasteiger charge is -2.20. The summed E-state index contributed by atoms with van der Waals surface area (Å²) in [7, 11) is -3.58. The van der Waals surface area contributed by atoms with Gasteiger partial charge in [0.25, 0.3) is 5.91 Å². The summed E-state index contributed by atoms with van der Waals surface area (Å²) in [5.41, 5.74) is 6.13. The number of nitrogens with zero attached hydrogens (tertiary/aromatic N) is 1. The number of carbonyl (C=O) groups excluding carboxylic acids is 1. The largest absolute Gasteiger partial charge is 0.482 e. The predicted molar refractivity (Wildman–Crippen MR) is 71.9 cm³/mol. The average molecular weight is 297 g/mol. The normalized spacial score (nSPS) is 23.1. The third-order valence-electron chi connectivity index (χ3n) is 3.41. The first-order valence-corrected chi connectivity index (χ1v) is 7.73. The van der Waals surface area contributed by atoms with Crippen LogP contribution in [0.25, 0.3) is 0 Å². The molecular formula is C12H15N3O4S. The average Bonchev–Trinajstić information content (AvgIpc) is 2.85. The van der Waals surface area contributed by atoms with Crippen LogP contribution in [0.3, 0.4) is 0 Å². The van der Waals surface area contributed by atoms with Crippen molar-refractivity contribution < 1.29 is 17.9 Å². The van der Waals surface area contributed by atoms with Gasteiger partial charge in [0, 0.05) is 19.1 Å². The van der Waals surface area contributed by atoms with Gasteiger partial charge < -0.3 is 15.8 Å². The highest BCUT2D eigenvalue weighted by atomic mass is 32.2. The van der Waals surface area contributed by atoms with Gasteiger partial charge in [0.1, 0.15) is 5.75 Å². The van der Waals surface area contributed by atoms with Gasteiger partial charge >= 0.3 is 0 Å². The van der Waals surface area contributed by atoms with E-state index in [4.69, 9.17) is 10.5 Å². The van der Waals surface area contributed by atoms with Crippen molar-refractivity contribution in [3.63, 3.8) is 0 Å². The lowest BCUT2D eigenvalue weighted by Crippen LogP contribution is -2.32. The van der Waals surface area contributed by atoms with E-state index in [1.165, 1.54) is 16.4 Å². The van der Waals surface area contributed by atoms with Gasteiger partial charge in [0.05, 0.1) is 10.6 Å². The van der Waals surface area contributed by atoms with E-state index in [1.807, 2.05) is 0 Å². The molecule has 1 amide bonds. The van der Waals surface area contributed by atoms with E-state index >= 15 is 0 Å². The third-order valence-corrected chi connectivity index (χ3v) is 5.27. The van der Waals surface area contributed by atoms with E-state index in [0.717, 1.165) is 0 Å². The Morgan fingerprint density at radius 1 is 1.40 bits per heavy atom. The van der Waals surface area contributed by atoms with Crippen LogP contribution < -0.4 is 15.8 Å². The molecule has 1 atom stereocenters. The Balaban J connectivity index is 1.94. The Morgan fingerprint density at radius 3 is 2.90 bits per heavy atom. The molecule has 1 aromatic rings. The summed E-state index contributed by atoms with van der Waals surface area (Å²) in [6.07, 6.45) is 0.657. The van der Waals surface area contributed by atoms with Crippen LogP contribution in [0, 0.1) is 0 Å². The van der Waals surface area contributed by atoms with Gasteiger partial charge in [-0.25, -0.2) is 8.42 Å². The van der Waals surface area contributed by atoms with Gasteiger partial charge in [-0.2, -0.15) is 4.31 Å². The van der Waals surface area contributed by atoms with E-state index in [-0.39, 0.29) is 23.5 Å². The molecule has 0 aliphatic carbocycles. The summed E-state index contributed by atoms with van der Waals surface area (Å²) in [5.74, 6) is 0.178. The van der Waals surface area contributed by atoms with Gasteiger partial charge in [-0.15, -0.1) is 0 Å². The van der Waals surface area contributed by atoms with E-state index in [0.29, 0.717) is 30.9 Å². The molecule has 0 unspecified atom stereocenters. The summed E-state index contributed by atoms with van der Waals surface area (Å²) in [6, 6.07) is 4.34. The Labute approximate surface area is 116 Å². The SMILES string of the molecule is N[C@H]1CCN(S(=O)(=O)c2ccc3c(c2)NC(=O)CO3)C1. The minimum absolute atomic E-state index is 0.0555. The number of benzene rings is 1. The van der Waals surface area contributed by atoms with Crippen LogP contribution >= 0.6 is 0 Å². The highest BCUT2D eigenvalue weighted by Gasteiger charge is 2.31. The number of carbonyl (C=O) groups is 1. The first-order chi connectivity index (χ1) is 9.46. The lowest BCUT2D eigenvalue weighted by atomic mass is 10.2. The molecule has 0 spiro atoms. The summed E-state index contributed by atoms with van der Waals surface area (Å²) in [6.45, 7) is 0.686. The van der Waals surface area contributed by atoms with Crippen LogP contribution in [0.5, 0.6) is 5.75 Å². The van der Waals surface area contributed by atoms with Gasteiger partial charge in [-0.1, -0.05) is 0 Å². The van der Waals surface area contributed by atoms with Crippen molar-refractivity contribution in [3.05, 3.63) is 18.2 Å². The van der Waals surface area contributed by atoms with Crippen molar-refractivity contribution in [2.24, 2.45) is 5.73 Å². The minimum Gasteiger partial charge on any atom is -0.482 e. The molecule has 1 fully saturated rings. The number of nitrogens with one attached hydrogen (secondary N) is 1. The molecular weight excluding hydrogens is 282 g/mol. The minimum atomic E-state index is -3.58. The summed E-state index contributed by atoms with van der Waals surface area (Å²) >= 11 is 0. The fraction of sp³-hybridized carbons (Fsp3) is 0.417. The van der Waals surface area contributed by atoms with E-state index in [1.54, 1.807) is 6.07 Å². The molecule has 108 valence electrons. The maximum absolute atomic E-state index is 12.5. The molecule has 8 heteroatoms. The molecule has 0 saturated carbocycles. The zero-order valence-corrected chi connectivity index (χ0v) is 11.5. The van der Waals surface area contributed by atoms with Crippen LogP contribution in [-0.2, 0) is 14.8 Å². The van der Waals surface area contributed by atoms with E-state index < -0.39 is 10.0 Å². The second kappa shape index (κ2) is 4.72. The van der Waals surface area contributed by atoms with Gasteiger partial charge in [0.2, 0.25) is 10.0 Å². The maximum atomic E-state index is 12.5. The third kappa shape index (κ3) is 2.26. The van der Waals surface area contributed by atoms with Crippen molar-refractivity contribution in [3.8, 4) is 5.75 Å². The number of rotatable bonds is 2. The molecule has 2 aliphatic heterocycles. The molecule has 1 aromatic carbocycles. The predicted octanol–water partition coefficient (Wildman–Crippen LogP) is -0.261. The first kappa shape index (κ1) is 13.3. The quantitative estimate of drug-likeness (QED) is 0.783. The Kier molecular flexibility index (Phi) is 3.15. The van der Waals surface area contributed by atoms with Crippen molar-refractivity contribution >= 4 is 21.6 Å². The smallest absolute Gasteiger partial charge is 0.262 e. The molecule has 7 nitrogen and oxygen atoms in total. The molecule has 0 bridgehead atoms. The number of sulfonamides is 1. The second-order valence-corrected chi connectivity index (χ2v) is 6.84. The summed E-state index contributed by atoms with van der Waals surface area (Å²) < 4.78 is 31.5. The number of amides is 1. The highest BCUT2D eigenvalue weighted by molar-refractivity contribution is 7.89. The molecule has 3 N–H and O–H groups in total. The molecule has 0 radical (unpaired) electrons. The Bertz CT molecular complexity index is 659. The number of nitrogens with two attached hydrogens (primary N) is 1. The highest BCUT2D eigenvalue weighted by Crippen LogP contribution is 2.31. The summed E-state index contributed by atoms with van der Waals surface area (Å²) in [5, 5.41) is 2.60. The van der Waals surface area contributed by atoms with Crippen LogP contribution in [0.2, 0.25) is 0 Å².